The van der Waals surface area contributed by atoms with Gasteiger partial charge in [-0.15, -0.1) is 11.8 Å². The van der Waals surface area contributed by atoms with Crippen molar-refractivity contribution in [3.63, 3.8) is 0 Å². The van der Waals surface area contributed by atoms with Gasteiger partial charge in [-0.05, 0) is 24.1 Å². The van der Waals surface area contributed by atoms with Crippen molar-refractivity contribution in [3.8, 4) is 0 Å². The molecule has 1 saturated heterocycles. The molecule has 3 aromatic rings. The molecule has 2 aromatic carbocycles. The molecule has 0 aliphatic carbocycles. The van der Waals surface area contributed by atoms with Crippen molar-refractivity contribution >= 4 is 28.6 Å². The molecule has 1 aliphatic heterocycles. The van der Waals surface area contributed by atoms with Crippen molar-refractivity contribution < 1.29 is 4.79 Å². The van der Waals surface area contributed by atoms with E-state index < -0.39 is 0 Å². The van der Waals surface area contributed by atoms with E-state index in [2.05, 4.69) is 71.2 Å². The molecular formula is C21H23N3OS. The number of fused-ring (bicyclic) bond motifs is 1. The highest BCUT2D eigenvalue weighted by Crippen LogP contribution is 2.31. The molecular weight excluding hydrogens is 342 g/mol. The number of carbonyl (C=O) groups excluding carboxylic acids is 1. The Hall–Kier alpha value is -2.24. The van der Waals surface area contributed by atoms with Gasteiger partial charge >= 0.3 is 0 Å². The van der Waals surface area contributed by atoms with Crippen molar-refractivity contribution in [2.24, 2.45) is 0 Å². The molecule has 0 spiro atoms. The smallest absolute Gasteiger partial charge is 0.238 e. The molecule has 3 N–H and O–H groups in total. The number of benzene rings is 2. The monoisotopic (exact) mass is 365 g/mol. The number of hydrogen-bond acceptors (Lipinski definition) is 3. The predicted molar refractivity (Wildman–Crippen MR) is 109 cm³/mol. The van der Waals surface area contributed by atoms with Gasteiger partial charge in [0.2, 0.25) is 5.91 Å². The Morgan fingerprint density at radius 3 is 2.96 bits per heavy atom. The van der Waals surface area contributed by atoms with E-state index in [0.717, 1.165) is 17.1 Å². The van der Waals surface area contributed by atoms with Gasteiger partial charge in [0.1, 0.15) is 0 Å². The van der Waals surface area contributed by atoms with E-state index in [1.165, 1.54) is 22.1 Å². The quantitative estimate of drug-likeness (QED) is 0.650. The van der Waals surface area contributed by atoms with Crippen LogP contribution in [0.4, 0.5) is 0 Å². The summed E-state index contributed by atoms with van der Waals surface area (Å²) in [7, 11) is 0. The second-order valence-corrected chi connectivity index (χ2v) is 7.80. The second-order valence-electron chi connectivity index (χ2n) is 6.77. The van der Waals surface area contributed by atoms with E-state index in [1.807, 2.05) is 6.07 Å². The lowest BCUT2D eigenvalue weighted by Crippen LogP contribution is -2.43. The molecule has 26 heavy (non-hydrogen) atoms. The molecule has 2 unspecified atom stereocenters. The summed E-state index contributed by atoms with van der Waals surface area (Å²) in [4.78, 5) is 15.9. The lowest BCUT2D eigenvalue weighted by Gasteiger charge is -2.20. The molecule has 4 rings (SSSR count). The lowest BCUT2D eigenvalue weighted by molar-refractivity contribution is -0.122. The Bertz CT molecular complexity index is 914. The number of aryl methyl sites for hydroxylation is 1. The van der Waals surface area contributed by atoms with Gasteiger partial charge in [0, 0.05) is 41.2 Å². The largest absolute Gasteiger partial charge is 0.361 e. The fourth-order valence-electron chi connectivity index (χ4n) is 3.57. The molecule has 0 bridgehead atoms. The summed E-state index contributed by atoms with van der Waals surface area (Å²) in [6.45, 7) is 2.70. The highest BCUT2D eigenvalue weighted by molar-refractivity contribution is 7.99. The van der Waals surface area contributed by atoms with Crippen LogP contribution < -0.4 is 10.6 Å². The number of rotatable bonds is 5. The van der Waals surface area contributed by atoms with Gasteiger partial charge < -0.3 is 10.3 Å². The zero-order valence-corrected chi connectivity index (χ0v) is 15.6. The lowest BCUT2D eigenvalue weighted by atomic mass is 9.90. The van der Waals surface area contributed by atoms with E-state index in [0.29, 0.717) is 6.54 Å². The van der Waals surface area contributed by atoms with Gasteiger partial charge in [0.05, 0.1) is 6.04 Å². The van der Waals surface area contributed by atoms with Gasteiger partial charge in [-0.2, -0.15) is 0 Å². The summed E-state index contributed by atoms with van der Waals surface area (Å²) in [5.74, 6) is 1.90. The number of H-pyrrole nitrogens is 1. The molecule has 2 atom stereocenters. The summed E-state index contributed by atoms with van der Waals surface area (Å²) in [5.41, 5.74) is 4.80. The van der Waals surface area contributed by atoms with E-state index in [1.54, 1.807) is 11.8 Å². The number of aromatic nitrogens is 1. The standard InChI is InChI=1S/C21H23N3OS/c1-14-5-4-6-15(9-14)17(10-23-21(25)20-12-26-13-24-20)18-11-22-19-8-3-2-7-16(18)19/h2-9,11,17,20,22,24H,10,12-13H2,1H3,(H,23,25). The molecule has 1 amide bonds. The summed E-state index contributed by atoms with van der Waals surface area (Å²) >= 11 is 1.77. The zero-order chi connectivity index (χ0) is 17.9. The van der Waals surface area contributed by atoms with Crippen LogP contribution >= 0.6 is 11.8 Å². The molecule has 1 aromatic heterocycles. The van der Waals surface area contributed by atoms with Crippen LogP contribution in [0.25, 0.3) is 10.9 Å². The number of amides is 1. The van der Waals surface area contributed by atoms with Crippen LogP contribution in [0, 0.1) is 6.92 Å². The fourth-order valence-corrected chi connectivity index (χ4v) is 4.51. The first kappa shape index (κ1) is 17.2. The van der Waals surface area contributed by atoms with Crippen LogP contribution in [0.5, 0.6) is 0 Å². The van der Waals surface area contributed by atoms with Gasteiger partial charge in [-0.1, -0.05) is 48.0 Å². The van der Waals surface area contributed by atoms with Gasteiger partial charge in [-0.25, -0.2) is 0 Å². The van der Waals surface area contributed by atoms with E-state index in [9.17, 15) is 4.79 Å². The van der Waals surface area contributed by atoms with Crippen molar-refractivity contribution in [2.75, 3.05) is 18.2 Å². The minimum absolute atomic E-state index is 0.0823. The van der Waals surface area contributed by atoms with Crippen molar-refractivity contribution in [1.29, 1.82) is 0 Å². The molecule has 5 heteroatoms. The van der Waals surface area contributed by atoms with E-state index >= 15 is 0 Å². The fraction of sp³-hybridized carbons (Fsp3) is 0.286. The van der Waals surface area contributed by atoms with Gasteiger partial charge in [0.15, 0.2) is 0 Å². The normalized spacial score (nSPS) is 18.1. The maximum absolute atomic E-state index is 12.5. The Labute approximate surface area is 157 Å². The molecule has 0 saturated carbocycles. The molecule has 134 valence electrons. The Balaban J connectivity index is 1.64. The Morgan fingerprint density at radius 2 is 2.15 bits per heavy atom. The first-order valence-electron chi connectivity index (χ1n) is 8.94. The number of thioether (sulfide) groups is 1. The summed E-state index contributed by atoms with van der Waals surface area (Å²) in [6.07, 6.45) is 2.08. The minimum Gasteiger partial charge on any atom is -0.361 e. The van der Waals surface area contributed by atoms with Crippen LogP contribution in [0.15, 0.2) is 54.7 Å². The molecule has 0 radical (unpaired) electrons. The number of hydrogen-bond donors (Lipinski definition) is 3. The SMILES string of the molecule is Cc1cccc(C(CNC(=O)C2CSCN2)c2c[nH]c3ccccc23)c1. The maximum atomic E-state index is 12.5. The topological polar surface area (TPSA) is 56.9 Å². The van der Waals surface area contributed by atoms with E-state index in [-0.39, 0.29) is 17.9 Å². The van der Waals surface area contributed by atoms with Crippen LogP contribution in [0.2, 0.25) is 0 Å². The molecule has 1 aliphatic rings. The maximum Gasteiger partial charge on any atom is 0.238 e. The van der Waals surface area contributed by atoms with Crippen molar-refractivity contribution in [3.05, 3.63) is 71.4 Å². The average molecular weight is 366 g/mol. The highest BCUT2D eigenvalue weighted by atomic mass is 32.2. The van der Waals surface area contributed by atoms with Crippen molar-refractivity contribution in [2.45, 2.75) is 18.9 Å². The molecule has 4 nitrogen and oxygen atoms in total. The molecule has 1 fully saturated rings. The zero-order valence-electron chi connectivity index (χ0n) is 14.8. The average Bonchev–Trinajstić information content (AvgIpc) is 3.32. The summed E-state index contributed by atoms with van der Waals surface area (Å²) in [6, 6.07) is 16.8. The summed E-state index contributed by atoms with van der Waals surface area (Å²) in [5, 5.41) is 7.62. The first-order chi connectivity index (χ1) is 12.7. The Morgan fingerprint density at radius 1 is 1.27 bits per heavy atom. The number of carbonyl (C=O) groups is 1. The third kappa shape index (κ3) is 3.50. The van der Waals surface area contributed by atoms with Crippen molar-refractivity contribution in [1.82, 2.24) is 15.6 Å². The minimum atomic E-state index is -0.0823. The van der Waals surface area contributed by atoms with Crippen LogP contribution in [0.3, 0.4) is 0 Å². The number of aromatic amines is 1. The summed E-state index contributed by atoms with van der Waals surface area (Å²) < 4.78 is 0. The van der Waals surface area contributed by atoms with Crippen LogP contribution in [-0.2, 0) is 4.79 Å². The second kappa shape index (κ2) is 7.56. The third-order valence-corrected chi connectivity index (χ3v) is 5.89. The third-order valence-electron chi connectivity index (χ3n) is 4.95. The Kier molecular flexibility index (Phi) is 5.00. The predicted octanol–water partition coefficient (Wildman–Crippen LogP) is 3.39. The number of nitrogens with one attached hydrogen (secondary N) is 3. The highest BCUT2D eigenvalue weighted by Gasteiger charge is 2.24. The van der Waals surface area contributed by atoms with Gasteiger partial charge in [0.25, 0.3) is 0 Å². The van der Waals surface area contributed by atoms with Crippen LogP contribution in [0.1, 0.15) is 22.6 Å². The molecule has 2 heterocycles. The van der Waals surface area contributed by atoms with Crippen LogP contribution in [-0.4, -0.2) is 35.1 Å². The van der Waals surface area contributed by atoms with E-state index in [4.69, 9.17) is 0 Å². The number of para-hydroxylation sites is 1. The first-order valence-corrected chi connectivity index (χ1v) is 10.1. The van der Waals surface area contributed by atoms with Gasteiger partial charge in [-0.3, -0.25) is 10.1 Å².